The van der Waals surface area contributed by atoms with Crippen molar-refractivity contribution in [2.45, 2.75) is 26.8 Å². The summed E-state index contributed by atoms with van der Waals surface area (Å²) >= 11 is 1.75. The molecule has 2 aromatic rings. The van der Waals surface area contributed by atoms with Crippen molar-refractivity contribution in [2.24, 2.45) is 0 Å². The first-order valence-corrected chi connectivity index (χ1v) is 8.66. The lowest BCUT2D eigenvalue weighted by Gasteiger charge is -2.29. The summed E-state index contributed by atoms with van der Waals surface area (Å²) in [5.74, 6) is 0.00631. The number of hydrogen-bond acceptors (Lipinski definition) is 3. The average molecular weight is 316 g/mol. The first kappa shape index (κ1) is 16.7. The molecule has 3 nitrogen and oxygen atoms in total. The largest absolute Gasteiger partial charge is 0.350 e. The monoisotopic (exact) mass is 316 g/mol. The number of amides is 1. The molecule has 4 heteroatoms. The van der Waals surface area contributed by atoms with Crippen LogP contribution in [0.2, 0.25) is 0 Å². The van der Waals surface area contributed by atoms with Crippen LogP contribution in [-0.2, 0) is 0 Å². The van der Waals surface area contributed by atoms with Crippen LogP contribution in [-0.4, -0.2) is 30.4 Å². The maximum atomic E-state index is 12.4. The Labute approximate surface area is 137 Å². The number of likely N-dealkylation sites (N-methyl/N-ethyl adjacent to an activating group) is 1. The van der Waals surface area contributed by atoms with Gasteiger partial charge in [-0.3, -0.25) is 9.69 Å². The van der Waals surface area contributed by atoms with E-state index in [2.05, 4.69) is 41.6 Å². The highest BCUT2D eigenvalue weighted by Crippen LogP contribution is 2.24. The van der Waals surface area contributed by atoms with Crippen molar-refractivity contribution in [3.63, 3.8) is 0 Å². The average Bonchev–Trinajstić information content (AvgIpc) is 3.05. The molecule has 0 bridgehead atoms. The van der Waals surface area contributed by atoms with Crippen LogP contribution in [0, 0.1) is 6.92 Å². The van der Waals surface area contributed by atoms with Crippen LogP contribution in [0.15, 0.2) is 41.8 Å². The maximum absolute atomic E-state index is 12.4. The fourth-order valence-electron chi connectivity index (χ4n) is 2.67. The minimum absolute atomic E-state index is 0.00631. The number of carbonyl (C=O) groups is 1. The van der Waals surface area contributed by atoms with Gasteiger partial charge >= 0.3 is 0 Å². The Kier molecular flexibility index (Phi) is 6.16. The zero-order chi connectivity index (χ0) is 15.9. The molecule has 1 aromatic carbocycles. The van der Waals surface area contributed by atoms with Crippen LogP contribution in [0.5, 0.6) is 0 Å². The predicted octanol–water partition coefficient (Wildman–Crippen LogP) is 3.87. The molecule has 0 aliphatic heterocycles. The van der Waals surface area contributed by atoms with Gasteiger partial charge in [-0.15, -0.1) is 11.3 Å². The van der Waals surface area contributed by atoms with Gasteiger partial charge in [0.05, 0.1) is 6.04 Å². The predicted molar refractivity (Wildman–Crippen MR) is 93.5 cm³/mol. The first-order valence-electron chi connectivity index (χ1n) is 7.78. The van der Waals surface area contributed by atoms with E-state index in [1.807, 2.05) is 31.2 Å². The third-order valence-corrected chi connectivity index (χ3v) is 4.94. The smallest absolute Gasteiger partial charge is 0.251 e. The third kappa shape index (κ3) is 3.96. The Morgan fingerprint density at radius 2 is 1.91 bits per heavy atom. The van der Waals surface area contributed by atoms with E-state index in [1.165, 1.54) is 4.88 Å². The van der Waals surface area contributed by atoms with Crippen molar-refractivity contribution >= 4 is 17.2 Å². The van der Waals surface area contributed by atoms with Crippen LogP contribution in [0.1, 0.15) is 40.7 Å². The fourth-order valence-corrected chi connectivity index (χ4v) is 3.53. The lowest BCUT2D eigenvalue weighted by atomic mass is 10.1. The van der Waals surface area contributed by atoms with Gasteiger partial charge in [-0.05, 0) is 43.1 Å². The second-order valence-electron chi connectivity index (χ2n) is 5.28. The molecule has 0 saturated carbocycles. The van der Waals surface area contributed by atoms with E-state index in [1.54, 1.807) is 11.3 Å². The molecule has 1 atom stereocenters. The molecular formula is C18H24N2OS. The molecule has 0 radical (unpaired) electrons. The SMILES string of the molecule is CCN(CC)C(CNC(=O)c1ccccc1C)c1cccs1. The zero-order valence-electron chi connectivity index (χ0n) is 13.5. The van der Waals surface area contributed by atoms with E-state index in [4.69, 9.17) is 0 Å². The van der Waals surface area contributed by atoms with E-state index in [0.717, 1.165) is 24.2 Å². The normalized spacial score (nSPS) is 12.4. The molecule has 1 unspecified atom stereocenters. The molecule has 0 spiro atoms. The van der Waals surface area contributed by atoms with Gasteiger partial charge in [-0.2, -0.15) is 0 Å². The molecule has 0 aliphatic rings. The van der Waals surface area contributed by atoms with E-state index in [0.29, 0.717) is 6.54 Å². The van der Waals surface area contributed by atoms with Crippen LogP contribution in [0.25, 0.3) is 0 Å². The van der Waals surface area contributed by atoms with Crippen molar-refractivity contribution in [3.05, 3.63) is 57.8 Å². The second-order valence-corrected chi connectivity index (χ2v) is 6.26. The molecule has 0 fully saturated rings. The maximum Gasteiger partial charge on any atom is 0.251 e. The molecule has 0 aliphatic carbocycles. The molecule has 22 heavy (non-hydrogen) atoms. The second kappa shape index (κ2) is 8.11. The van der Waals surface area contributed by atoms with E-state index >= 15 is 0 Å². The van der Waals surface area contributed by atoms with E-state index < -0.39 is 0 Å². The number of aryl methyl sites for hydroxylation is 1. The van der Waals surface area contributed by atoms with Gasteiger partial charge in [0.2, 0.25) is 0 Å². The summed E-state index contributed by atoms with van der Waals surface area (Å²) in [6.45, 7) is 8.87. The Balaban J connectivity index is 2.08. The van der Waals surface area contributed by atoms with Crippen LogP contribution in [0.4, 0.5) is 0 Å². The summed E-state index contributed by atoms with van der Waals surface area (Å²) in [5, 5.41) is 5.20. The topological polar surface area (TPSA) is 32.3 Å². The van der Waals surface area contributed by atoms with Crippen molar-refractivity contribution in [1.29, 1.82) is 0 Å². The standard InChI is InChI=1S/C18H24N2OS/c1-4-20(5-2)16(17-11-8-12-22-17)13-19-18(21)15-10-7-6-9-14(15)3/h6-12,16H,4-5,13H2,1-3H3,(H,19,21). The zero-order valence-corrected chi connectivity index (χ0v) is 14.3. The van der Waals surface area contributed by atoms with Crippen molar-refractivity contribution in [2.75, 3.05) is 19.6 Å². The molecule has 2 rings (SSSR count). The summed E-state index contributed by atoms with van der Waals surface area (Å²) in [4.78, 5) is 16.1. The van der Waals surface area contributed by atoms with Crippen LogP contribution < -0.4 is 5.32 Å². The lowest BCUT2D eigenvalue weighted by Crippen LogP contribution is -2.37. The van der Waals surface area contributed by atoms with Gasteiger partial charge in [0, 0.05) is 17.0 Å². The number of carbonyl (C=O) groups excluding carboxylic acids is 1. The lowest BCUT2D eigenvalue weighted by molar-refractivity contribution is 0.0935. The number of benzene rings is 1. The van der Waals surface area contributed by atoms with Crippen molar-refractivity contribution < 1.29 is 4.79 Å². The molecule has 1 heterocycles. The summed E-state index contributed by atoms with van der Waals surface area (Å²) < 4.78 is 0. The summed E-state index contributed by atoms with van der Waals surface area (Å²) in [5.41, 5.74) is 1.77. The number of hydrogen-bond donors (Lipinski definition) is 1. The molecule has 0 saturated heterocycles. The van der Waals surface area contributed by atoms with E-state index in [9.17, 15) is 4.79 Å². The summed E-state index contributed by atoms with van der Waals surface area (Å²) in [6, 6.07) is 12.2. The molecule has 1 amide bonds. The fraction of sp³-hybridized carbons (Fsp3) is 0.389. The van der Waals surface area contributed by atoms with Crippen LogP contribution in [0.3, 0.4) is 0 Å². The number of rotatable bonds is 7. The third-order valence-electron chi connectivity index (χ3n) is 3.97. The highest BCUT2D eigenvalue weighted by molar-refractivity contribution is 7.10. The highest BCUT2D eigenvalue weighted by atomic mass is 32.1. The van der Waals surface area contributed by atoms with Gasteiger partial charge in [0.15, 0.2) is 0 Å². The molecular weight excluding hydrogens is 292 g/mol. The van der Waals surface area contributed by atoms with Gasteiger partial charge in [-0.1, -0.05) is 38.1 Å². The molecule has 1 N–H and O–H groups in total. The number of thiophene rings is 1. The molecule has 118 valence electrons. The van der Waals surface area contributed by atoms with Crippen molar-refractivity contribution in [1.82, 2.24) is 10.2 Å². The summed E-state index contributed by atoms with van der Waals surface area (Å²) in [7, 11) is 0. The van der Waals surface area contributed by atoms with Gasteiger partial charge in [0.1, 0.15) is 0 Å². The number of nitrogens with zero attached hydrogens (tertiary/aromatic N) is 1. The highest BCUT2D eigenvalue weighted by Gasteiger charge is 2.20. The quantitative estimate of drug-likeness (QED) is 0.841. The van der Waals surface area contributed by atoms with Crippen molar-refractivity contribution in [3.8, 4) is 0 Å². The Morgan fingerprint density at radius 1 is 1.18 bits per heavy atom. The van der Waals surface area contributed by atoms with E-state index in [-0.39, 0.29) is 11.9 Å². The number of nitrogens with one attached hydrogen (secondary N) is 1. The van der Waals surface area contributed by atoms with Gasteiger partial charge in [-0.25, -0.2) is 0 Å². The summed E-state index contributed by atoms with van der Waals surface area (Å²) in [6.07, 6.45) is 0. The first-order chi connectivity index (χ1) is 10.7. The van der Waals surface area contributed by atoms with Crippen LogP contribution >= 0.6 is 11.3 Å². The Bertz CT molecular complexity index is 591. The minimum atomic E-state index is 0.00631. The molecule has 1 aromatic heterocycles. The Morgan fingerprint density at radius 3 is 2.50 bits per heavy atom. The van der Waals surface area contributed by atoms with Gasteiger partial charge < -0.3 is 5.32 Å². The minimum Gasteiger partial charge on any atom is -0.350 e. The van der Waals surface area contributed by atoms with Gasteiger partial charge in [0.25, 0.3) is 5.91 Å². The Hall–Kier alpha value is -1.65.